The van der Waals surface area contributed by atoms with Gasteiger partial charge in [-0.05, 0) is 12.1 Å². The van der Waals surface area contributed by atoms with E-state index in [4.69, 9.17) is 0 Å². The lowest BCUT2D eigenvalue weighted by Crippen LogP contribution is -2.44. The fourth-order valence-corrected chi connectivity index (χ4v) is 1.52. The lowest BCUT2D eigenvalue weighted by molar-refractivity contribution is -0.124. The third kappa shape index (κ3) is 3.69. The summed E-state index contributed by atoms with van der Waals surface area (Å²) in [5.74, 6) is -3.24. The van der Waals surface area contributed by atoms with E-state index in [1.807, 2.05) is 0 Å². The summed E-state index contributed by atoms with van der Waals surface area (Å²) >= 11 is 3.90. The third-order valence-corrected chi connectivity index (χ3v) is 2.45. The summed E-state index contributed by atoms with van der Waals surface area (Å²) in [7, 11) is 0. The van der Waals surface area contributed by atoms with Gasteiger partial charge in [-0.1, -0.05) is 6.07 Å². The number of hydrogen-bond acceptors (Lipinski definition) is 3. The smallest absolute Gasteiger partial charge is 0.247 e. The molecular formula is C11H12F2N2O2S. The van der Waals surface area contributed by atoms with Crippen molar-refractivity contribution in [1.29, 1.82) is 0 Å². The minimum Gasteiger partial charge on any atom is -0.344 e. The zero-order chi connectivity index (χ0) is 13.7. The zero-order valence-electron chi connectivity index (χ0n) is 9.54. The van der Waals surface area contributed by atoms with Crippen molar-refractivity contribution in [1.82, 2.24) is 5.32 Å². The molecule has 0 spiro atoms. The number of halogens is 2. The molecule has 1 aromatic rings. The van der Waals surface area contributed by atoms with Gasteiger partial charge >= 0.3 is 0 Å². The van der Waals surface area contributed by atoms with Crippen LogP contribution >= 0.6 is 12.6 Å². The lowest BCUT2D eigenvalue weighted by atomic mass is 10.2. The normalized spacial score (nSPS) is 11.8. The Bertz CT molecular complexity index is 468. The van der Waals surface area contributed by atoms with Crippen molar-refractivity contribution in [2.24, 2.45) is 0 Å². The molecule has 1 rings (SSSR count). The van der Waals surface area contributed by atoms with Gasteiger partial charge < -0.3 is 10.6 Å². The minimum absolute atomic E-state index is 0.0440. The molecule has 0 aliphatic carbocycles. The van der Waals surface area contributed by atoms with Gasteiger partial charge in [-0.2, -0.15) is 12.6 Å². The number of carbonyl (C=O) groups excluding carboxylic acids is 2. The maximum absolute atomic E-state index is 13.3. The second-order valence-electron chi connectivity index (χ2n) is 3.53. The van der Waals surface area contributed by atoms with Crippen molar-refractivity contribution >= 4 is 30.1 Å². The molecular weight excluding hydrogens is 262 g/mol. The molecule has 18 heavy (non-hydrogen) atoms. The summed E-state index contributed by atoms with van der Waals surface area (Å²) in [6.07, 6.45) is 0. The van der Waals surface area contributed by atoms with Crippen LogP contribution in [0.15, 0.2) is 18.2 Å². The van der Waals surface area contributed by atoms with Crippen molar-refractivity contribution in [3.63, 3.8) is 0 Å². The average molecular weight is 274 g/mol. The van der Waals surface area contributed by atoms with Crippen molar-refractivity contribution in [2.45, 2.75) is 13.0 Å². The van der Waals surface area contributed by atoms with Gasteiger partial charge in [0.1, 0.15) is 6.04 Å². The molecule has 2 amide bonds. The predicted octanol–water partition coefficient (Wildman–Crippen LogP) is 1.34. The summed E-state index contributed by atoms with van der Waals surface area (Å²) in [5.41, 5.74) is -0.280. The molecule has 0 saturated heterocycles. The van der Waals surface area contributed by atoms with Crippen LogP contribution in [-0.2, 0) is 9.59 Å². The number of hydrogen-bond donors (Lipinski definition) is 3. The third-order valence-electron chi connectivity index (χ3n) is 2.09. The Morgan fingerprint density at radius 3 is 2.61 bits per heavy atom. The summed E-state index contributed by atoms with van der Waals surface area (Å²) in [4.78, 5) is 22.5. The van der Waals surface area contributed by atoms with Crippen molar-refractivity contribution < 1.29 is 18.4 Å². The molecule has 0 radical (unpaired) electrons. The Labute approximate surface area is 108 Å². The van der Waals surface area contributed by atoms with Gasteiger partial charge in [-0.25, -0.2) is 8.78 Å². The summed E-state index contributed by atoms with van der Waals surface area (Å²) in [6, 6.07) is 2.52. The molecule has 2 N–H and O–H groups in total. The van der Waals surface area contributed by atoms with E-state index in [0.717, 1.165) is 6.07 Å². The highest BCUT2D eigenvalue weighted by Gasteiger charge is 2.19. The van der Waals surface area contributed by atoms with E-state index in [2.05, 4.69) is 23.3 Å². The quantitative estimate of drug-likeness (QED) is 0.726. The minimum atomic E-state index is -1.15. The van der Waals surface area contributed by atoms with Crippen LogP contribution in [0.1, 0.15) is 6.92 Å². The maximum Gasteiger partial charge on any atom is 0.247 e. The van der Waals surface area contributed by atoms with Gasteiger partial charge in [0.2, 0.25) is 11.8 Å². The number of rotatable bonds is 4. The van der Waals surface area contributed by atoms with E-state index >= 15 is 0 Å². The number of amides is 2. The molecule has 0 aromatic heterocycles. The molecule has 0 aliphatic heterocycles. The Morgan fingerprint density at radius 2 is 2.06 bits per heavy atom. The molecule has 0 bridgehead atoms. The van der Waals surface area contributed by atoms with Crippen LogP contribution in [0.4, 0.5) is 14.5 Å². The van der Waals surface area contributed by atoms with E-state index in [1.54, 1.807) is 0 Å². The number of anilines is 1. The predicted molar refractivity (Wildman–Crippen MR) is 66.4 cm³/mol. The monoisotopic (exact) mass is 274 g/mol. The number of thiol groups is 1. The van der Waals surface area contributed by atoms with E-state index in [9.17, 15) is 18.4 Å². The first-order valence-corrected chi connectivity index (χ1v) is 5.71. The Hall–Kier alpha value is -1.63. The summed E-state index contributed by atoms with van der Waals surface area (Å²) < 4.78 is 26.2. The summed E-state index contributed by atoms with van der Waals surface area (Å²) in [6.45, 7) is 1.24. The van der Waals surface area contributed by atoms with Crippen LogP contribution in [0.5, 0.6) is 0 Å². The zero-order valence-corrected chi connectivity index (χ0v) is 10.4. The highest BCUT2D eigenvalue weighted by Crippen LogP contribution is 2.16. The Kier molecular flexibility index (Phi) is 5.08. The molecule has 1 atom stereocenters. The molecule has 1 aromatic carbocycles. The second kappa shape index (κ2) is 6.34. The number of carbonyl (C=O) groups is 2. The van der Waals surface area contributed by atoms with Crippen LogP contribution in [0, 0.1) is 11.6 Å². The van der Waals surface area contributed by atoms with Gasteiger partial charge in [0.05, 0.1) is 5.69 Å². The molecule has 7 heteroatoms. The van der Waals surface area contributed by atoms with Crippen LogP contribution in [0.25, 0.3) is 0 Å². The van der Waals surface area contributed by atoms with E-state index < -0.39 is 29.5 Å². The van der Waals surface area contributed by atoms with E-state index in [1.165, 1.54) is 19.1 Å². The molecule has 0 aliphatic rings. The fraction of sp³-hybridized carbons (Fsp3) is 0.273. The molecule has 0 fully saturated rings. The highest BCUT2D eigenvalue weighted by molar-refractivity contribution is 7.80. The SMILES string of the molecule is CC(=O)NC(CS)C(=O)Nc1cccc(F)c1F. The van der Waals surface area contributed by atoms with Gasteiger partial charge in [0, 0.05) is 12.7 Å². The molecule has 0 saturated carbocycles. The van der Waals surface area contributed by atoms with Crippen LogP contribution in [0.3, 0.4) is 0 Å². The molecule has 98 valence electrons. The van der Waals surface area contributed by atoms with Gasteiger partial charge in [-0.15, -0.1) is 0 Å². The lowest BCUT2D eigenvalue weighted by Gasteiger charge is -2.15. The Balaban J connectivity index is 2.80. The second-order valence-corrected chi connectivity index (χ2v) is 3.89. The van der Waals surface area contributed by atoms with Gasteiger partial charge in [0.25, 0.3) is 0 Å². The number of benzene rings is 1. The topological polar surface area (TPSA) is 58.2 Å². The molecule has 0 heterocycles. The van der Waals surface area contributed by atoms with Crippen molar-refractivity contribution in [3.8, 4) is 0 Å². The highest BCUT2D eigenvalue weighted by atomic mass is 32.1. The van der Waals surface area contributed by atoms with E-state index in [-0.39, 0.29) is 11.4 Å². The largest absolute Gasteiger partial charge is 0.344 e. The van der Waals surface area contributed by atoms with Crippen LogP contribution in [0.2, 0.25) is 0 Å². The first-order valence-electron chi connectivity index (χ1n) is 5.08. The van der Waals surface area contributed by atoms with Crippen LogP contribution in [-0.4, -0.2) is 23.6 Å². The standard InChI is InChI=1S/C11H12F2N2O2S/c1-6(16)14-9(5-18)11(17)15-8-4-2-3-7(12)10(8)13/h2-4,9,18H,5H2,1H3,(H,14,16)(H,15,17). The average Bonchev–Trinajstić information content (AvgIpc) is 2.31. The first-order chi connectivity index (χ1) is 8.45. The van der Waals surface area contributed by atoms with Crippen molar-refractivity contribution in [3.05, 3.63) is 29.8 Å². The van der Waals surface area contributed by atoms with Crippen LogP contribution < -0.4 is 10.6 Å². The molecule has 4 nitrogen and oxygen atoms in total. The Morgan fingerprint density at radius 1 is 1.39 bits per heavy atom. The fourth-order valence-electron chi connectivity index (χ4n) is 1.26. The number of nitrogens with one attached hydrogen (secondary N) is 2. The molecule has 1 unspecified atom stereocenters. The maximum atomic E-state index is 13.3. The van der Waals surface area contributed by atoms with E-state index in [0.29, 0.717) is 0 Å². The van der Waals surface area contributed by atoms with Gasteiger partial charge in [0.15, 0.2) is 11.6 Å². The first kappa shape index (κ1) is 14.4. The van der Waals surface area contributed by atoms with Crippen molar-refractivity contribution in [2.75, 3.05) is 11.1 Å². The summed E-state index contributed by atoms with van der Waals surface area (Å²) in [5, 5.41) is 4.53. The van der Waals surface area contributed by atoms with Gasteiger partial charge in [-0.3, -0.25) is 9.59 Å².